The molecule has 0 fully saturated rings. The SMILES string of the molecule is N#Cc1cc(F)cc(Oc2ccc3c4c2C(F)[C@@H](F)[C@]4(O)C(F)(F)C3(F)F)c1.N#Cc1cc(F)cc(Oc2ccc3c4c2C(F)[C@H](F)[C@]4(O)C(F)(F)C3(F)F)c1. The molecule has 2 unspecified atom stereocenters. The van der Waals surface area contributed by atoms with Crippen LogP contribution in [0.25, 0.3) is 0 Å². The van der Waals surface area contributed by atoms with Gasteiger partial charge in [0.2, 0.25) is 0 Å². The van der Waals surface area contributed by atoms with Gasteiger partial charge in [-0.05, 0) is 48.5 Å². The molecule has 0 aromatic heterocycles. The first-order chi connectivity index (χ1) is 25.9. The molecule has 4 aliphatic carbocycles. The lowest BCUT2D eigenvalue weighted by molar-refractivity contribution is -0.302. The fourth-order valence-corrected chi connectivity index (χ4v) is 7.37. The molecular formula is C36H16F14N2O4. The molecule has 6 nitrogen and oxygen atoms in total. The van der Waals surface area contributed by atoms with Gasteiger partial charge in [0.15, 0.2) is 35.9 Å². The molecule has 0 amide bonds. The van der Waals surface area contributed by atoms with E-state index >= 15 is 0 Å². The second-order valence-corrected chi connectivity index (χ2v) is 13.0. The highest BCUT2D eigenvalue weighted by Crippen LogP contribution is 2.71. The van der Waals surface area contributed by atoms with Crippen LogP contribution in [-0.4, -0.2) is 34.4 Å². The fraction of sp³-hybridized carbons (Fsp3) is 0.278. The van der Waals surface area contributed by atoms with Crippen molar-refractivity contribution in [3.05, 3.63) is 117 Å². The Kier molecular flexibility index (Phi) is 8.25. The van der Waals surface area contributed by atoms with Crippen LogP contribution in [0.15, 0.2) is 60.7 Å². The molecule has 0 saturated carbocycles. The molecule has 2 N–H and O–H groups in total. The normalized spacial score (nSPS) is 28.7. The summed E-state index contributed by atoms with van der Waals surface area (Å²) in [5, 5.41) is 37.9. The third-order valence-corrected chi connectivity index (χ3v) is 9.92. The number of rotatable bonds is 4. The van der Waals surface area contributed by atoms with Crippen LogP contribution in [0.1, 0.15) is 56.9 Å². The summed E-state index contributed by atoms with van der Waals surface area (Å²) in [4.78, 5) is 0. The molecule has 292 valence electrons. The van der Waals surface area contributed by atoms with Gasteiger partial charge in [-0.15, -0.1) is 0 Å². The van der Waals surface area contributed by atoms with E-state index in [1.807, 2.05) is 0 Å². The van der Waals surface area contributed by atoms with Gasteiger partial charge >= 0.3 is 23.7 Å². The Hall–Kier alpha value is -5.60. The Bertz CT molecular complexity index is 2260. The van der Waals surface area contributed by atoms with Crippen molar-refractivity contribution >= 4 is 0 Å². The zero-order valence-corrected chi connectivity index (χ0v) is 27.0. The Balaban J connectivity index is 0.000000172. The smallest absolute Gasteiger partial charge is 0.349 e. The highest BCUT2D eigenvalue weighted by molar-refractivity contribution is 5.63. The number of nitrogens with zero attached hydrogens (tertiary/aromatic N) is 2. The average Bonchev–Trinajstić information content (AvgIpc) is 3.57. The zero-order chi connectivity index (χ0) is 41.3. The number of aliphatic hydroxyl groups is 2. The van der Waals surface area contributed by atoms with Crippen molar-refractivity contribution in [3.63, 3.8) is 0 Å². The van der Waals surface area contributed by atoms with Crippen molar-refractivity contribution < 1.29 is 81.2 Å². The molecule has 4 aliphatic rings. The number of hydrogen-bond donors (Lipinski definition) is 2. The van der Waals surface area contributed by atoms with Gasteiger partial charge in [-0.25, -0.2) is 26.3 Å². The highest BCUT2D eigenvalue weighted by atomic mass is 19.3. The lowest BCUT2D eigenvalue weighted by Gasteiger charge is -2.32. The molecule has 0 radical (unpaired) electrons. The van der Waals surface area contributed by atoms with Crippen LogP contribution in [0, 0.1) is 34.3 Å². The van der Waals surface area contributed by atoms with Gasteiger partial charge in [-0.3, -0.25) is 0 Å². The number of halogens is 14. The summed E-state index contributed by atoms with van der Waals surface area (Å²) in [7, 11) is 0. The second kappa shape index (κ2) is 12.0. The van der Waals surface area contributed by atoms with Crippen molar-refractivity contribution in [1.29, 1.82) is 10.5 Å². The first-order valence-electron chi connectivity index (χ1n) is 15.6. The average molecular weight is 807 g/mol. The third kappa shape index (κ3) is 4.68. The molecule has 4 aromatic carbocycles. The molecule has 0 heterocycles. The van der Waals surface area contributed by atoms with Crippen LogP contribution in [-0.2, 0) is 23.0 Å². The van der Waals surface area contributed by atoms with Crippen LogP contribution in [0.5, 0.6) is 23.0 Å². The fourth-order valence-electron chi connectivity index (χ4n) is 7.37. The molecule has 0 bridgehead atoms. The Morgan fingerprint density at radius 1 is 0.536 bits per heavy atom. The van der Waals surface area contributed by atoms with E-state index in [-0.39, 0.29) is 22.6 Å². The summed E-state index contributed by atoms with van der Waals surface area (Å²) in [6, 6.07) is 10.9. The van der Waals surface area contributed by atoms with Crippen LogP contribution >= 0.6 is 0 Å². The lowest BCUT2D eigenvalue weighted by Crippen LogP contribution is -2.53. The molecule has 0 saturated heterocycles. The number of ether oxygens (including phenoxy) is 2. The van der Waals surface area contributed by atoms with E-state index < -0.39 is 116 Å². The summed E-state index contributed by atoms with van der Waals surface area (Å²) in [6.07, 6.45) is -12.5. The molecule has 8 rings (SSSR count). The predicted octanol–water partition coefficient (Wildman–Crippen LogP) is 9.56. The van der Waals surface area contributed by atoms with Crippen molar-refractivity contribution in [2.45, 2.75) is 59.6 Å². The predicted molar refractivity (Wildman–Crippen MR) is 158 cm³/mol. The third-order valence-electron chi connectivity index (χ3n) is 9.92. The van der Waals surface area contributed by atoms with Gasteiger partial charge in [0.1, 0.15) is 34.6 Å². The quantitative estimate of drug-likeness (QED) is 0.199. The molecule has 0 aliphatic heterocycles. The van der Waals surface area contributed by atoms with Crippen molar-refractivity contribution in [3.8, 4) is 35.1 Å². The van der Waals surface area contributed by atoms with E-state index in [0.717, 1.165) is 36.4 Å². The molecule has 6 atom stereocenters. The summed E-state index contributed by atoms with van der Waals surface area (Å²) >= 11 is 0. The highest BCUT2D eigenvalue weighted by Gasteiger charge is 2.84. The van der Waals surface area contributed by atoms with Crippen LogP contribution in [0.4, 0.5) is 61.5 Å². The Morgan fingerprint density at radius 2 is 0.875 bits per heavy atom. The Morgan fingerprint density at radius 3 is 1.20 bits per heavy atom. The van der Waals surface area contributed by atoms with Gasteiger partial charge in [0.25, 0.3) is 0 Å². The Labute approximate surface area is 303 Å². The topological polar surface area (TPSA) is 106 Å². The first kappa shape index (κ1) is 38.7. The minimum atomic E-state index is -5.30. The first-order valence-corrected chi connectivity index (χ1v) is 15.6. The zero-order valence-electron chi connectivity index (χ0n) is 27.0. The lowest BCUT2D eigenvalue weighted by atomic mass is 9.93. The minimum absolute atomic E-state index is 0.192. The molecule has 4 aromatic rings. The maximum absolute atomic E-state index is 14.5. The largest absolute Gasteiger partial charge is 0.457 e. The molecule has 20 heteroatoms. The minimum Gasteiger partial charge on any atom is -0.457 e. The number of benzene rings is 4. The van der Waals surface area contributed by atoms with E-state index in [4.69, 9.17) is 20.0 Å². The van der Waals surface area contributed by atoms with Gasteiger partial charge < -0.3 is 19.7 Å². The van der Waals surface area contributed by atoms with E-state index in [1.54, 1.807) is 12.1 Å². The molecule has 56 heavy (non-hydrogen) atoms. The van der Waals surface area contributed by atoms with Crippen molar-refractivity contribution in [1.82, 2.24) is 0 Å². The maximum atomic E-state index is 14.5. The van der Waals surface area contributed by atoms with Gasteiger partial charge in [0, 0.05) is 45.5 Å². The van der Waals surface area contributed by atoms with Crippen LogP contribution < -0.4 is 9.47 Å². The monoisotopic (exact) mass is 806 g/mol. The summed E-state index contributed by atoms with van der Waals surface area (Å²) in [6.45, 7) is 0. The van der Waals surface area contributed by atoms with Crippen LogP contribution in [0.2, 0.25) is 0 Å². The summed E-state index contributed by atoms with van der Waals surface area (Å²) < 4.78 is 208. The second-order valence-electron chi connectivity index (χ2n) is 13.0. The van der Waals surface area contributed by atoms with E-state index in [9.17, 15) is 71.7 Å². The van der Waals surface area contributed by atoms with Gasteiger partial charge in [0.05, 0.1) is 23.3 Å². The maximum Gasteiger partial charge on any atom is 0.349 e. The summed E-state index contributed by atoms with van der Waals surface area (Å²) in [5.74, 6) is -24.4. The standard InChI is InChI=1S/2C18H8F7NO2/c2*19-8-3-7(6-26)4-9(5-8)28-11-2-1-10-13-12(11)14(20)15(21)16(13,27)18(24,25)17(10,22)23/h2*1-5,14-15,27H/t14?,15-,16+;14?,15-,16-/m10/s1. The number of nitriles is 2. The van der Waals surface area contributed by atoms with Crippen molar-refractivity contribution in [2.75, 3.05) is 0 Å². The van der Waals surface area contributed by atoms with E-state index in [0.29, 0.717) is 24.3 Å². The van der Waals surface area contributed by atoms with Gasteiger partial charge in [-0.2, -0.15) is 45.6 Å². The van der Waals surface area contributed by atoms with Gasteiger partial charge in [-0.1, -0.05) is 0 Å². The van der Waals surface area contributed by atoms with E-state index in [1.165, 1.54) is 0 Å². The van der Waals surface area contributed by atoms with Crippen molar-refractivity contribution in [2.24, 2.45) is 0 Å². The van der Waals surface area contributed by atoms with E-state index in [2.05, 4.69) is 0 Å². The molecule has 0 spiro atoms. The number of hydrogen-bond acceptors (Lipinski definition) is 6. The van der Waals surface area contributed by atoms with Crippen LogP contribution in [0.3, 0.4) is 0 Å². The molecular weight excluding hydrogens is 790 g/mol. The summed E-state index contributed by atoms with van der Waals surface area (Å²) in [5.41, 5.74) is -16.0. The number of alkyl halides is 12.